The summed E-state index contributed by atoms with van der Waals surface area (Å²) in [5, 5.41) is 3.01. The number of nitrogens with one attached hydrogen (secondary N) is 1. The van der Waals surface area contributed by atoms with Gasteiger partial charge in [-0.15, -0.1) is 0 Å². The second-order valence-electron chi connectivity index (χ2n) is 6.49. The molecule has 1 aliphatic rings. The Morgan fingerprint density at radius 3 is 2.16 bits per heavy atom. The van der Waals surface area contributed by atoms with Crippen LogP contribution in [0.15, 0.2) is 0 Å². The third kappa shape index (κ3) is 6.39. The molecule has 0 aromatic heterocycles. The molecule has 1 aliphatic heterocycles. The van der Waals surface area contributed by atoms with Crippen LogP contribution in [-0.2, 0) is 4.79 Å². The van der Waals surface area contributed by atoms with E-state index in [0.29, 0.717) is 0 Å². The topological polar surface area (TPSA) is 35.6 Å². The van der Waals surface area contributed by atoms with Gasteiger partial charge >= 0.3 is 0 Å². The van der Waals surface area contributed by atoms with Crippen LogP contribution in [0.2, 0.25) is 0 Å². The monoisotopic (exact) mass is 269 g/mol. The minimum absolute atomic E-state index is 0.157. The zero-order valence-corrected chi connectivity index (χ0v) is 13.2. The molecule has 0 aromatic rings. The Hall–Kier alpha value is -0.610. The van der Waals surface area contributed by atoms with Crippen molar-refractivity contribution >= 4 is 5.91 Å². The Morgan fingerprint density at radius 1 is 1.05 bits per heavy atom. The van der Waals surface area contributed by atoms with Crippen molar-refractivity contribution in [3.63, 3.8) is 0 Å². The molecule has 1 amide bonds. The molecule has 0 atom stereocenters. The van der Waals surface area contributed by atoms with Gasteiger partial charge in [0.05, 0.1) is 0 Å². The molecule has 0 unspecified atom stereocenters. The maximum Gasteiger partial charge on any atom is 0.225 e. The predicted molar refractivity (Wildman–Crippen MR) is 80.3 cm³/mol. The van der Waals surface area contributed by atoms with E-state index >= 15 is 0 Å². The summed E-state index contributed by atoms with van der Waals surface area (Å²) in [5.74, 6) is 0.157. The van der Waals surface area contributed by atoms with E-state index in [-0.39, 0.29) is 11.3 Å². The molecule has 1 N–H and O–H groups in total. The fourth-order valence-corrected chi connectivity index (χ4v) is 2.26. The number of carbonyl (C=O) groups is 1. The van der Waals surface area contributed by atoms with Gasteiger partial charge in [0.2, 0.25) is 5.91 Å². The third-order valence-electron chi connectivity index (χ3n) is 3.78. The summed E-state index contributed by atoms with van der Waals surface area (Å²) in [4.78, 5) is 16.7. The van der Waals surface area contributed by atoms with Crippen molar-refractivity contribution in [3.05, 3.63) is 0 Å². The van der Waals surface area contributed by atoms with Gasteiger partial charge in [-0.25, -0.2) is 0 Å². The number of nitrogens with zero attached hydrogens (tertiary/aromatic N) is 2. The lowest BCUT2D eigenvalue weighted by Gasteiger charge is -2.34. The van der Waals surface area contributed by atoms with Gasteiger partial charge in [0.25, 0.3) is 0 Å². The average Bonchev–Trinajstić information content (AvgIpc) is 2.37. The van der Waals surface area contributed by atoms with Gasteiger partial charge in [-0.3, -0.25) is 4.79 Å². The lowest BCUT2D eigenvalue weighted by Crippen LogP contribution is -2.46. The molecule has 1 saturated heterocycles. The van der Waals surface area contributed by atoms with Crippen molar-refractivity contribution in [1.82, 2.24) is 15.1 Å². The summed E-state index contributed by atoms with van der Waals surface area (Å²) < 4.78 is 0. The molecule has 0 radical (unpaired) electrons. The number of rotatable bonds is 6. The Bertz CT molecular complexity index is 265. The molecule has 0 bridgehead atoms. The first-order valence-electron chi connectivity index (χ1n) is 7.66. The van der Waals surface area contributed by atoms with Crippen molar-refractivity contribution in [1.29, 1.82) is 0 Å². The minimum Gasteiger partial charge on any atom is -0.356 e. The van der Waals surface area contributed by atoms with E-state index < -0.39 is 0 Å². The lowest BCUT2D eigenvalue weighted by atomic mass is 9.96. The summed E-state index contributed by atoms with van der Waals surface area (Å²) in [6.45, 7) is 16.0. The molecule has 1 fully saturated rings. The Labute approximate surface area is 118 Å². The lowest BCUT2D eigenvalue weighted by molar-refractivity contribution is -0.128. The van der Waals surface area contributed by atoms with Crippen LogP contribution in [0.5, 0.6) is 0 Å². The number of unbranched alkanes of at least 4 members (excludes halogenated alkanes) is 1. The average molecular weight is 269 g/mol. The van der Waals surface area contributed by atoms with Crippen LogP contribution >= 0.6 is 0 Å². The highest BCUT2D eigenvalue weighted by atomic mass is 16.2. The van der Waals surface area contributed by atoms with Gasteiger partial charge < -0.3 is 15.1 Å². The van der Waals surface area contributed by atoms with Gasteiger partial charge in [0.1, 0.15) is 0 Å². The zero-order chi connectivity index (χ0) is 14.3. The summed E-state index contributed by atoms with van der Waals surface area (Å²) >= 11 is 0. The predicted octanol–water partition coefficient (Wildman–Crippen LogP) is 1.57. The fraction of sp³-hybridized carbons (Fsp3) is 0.933. The van der Waals surface area contributed by atoms with Gasteiger partial charge in [-0.2, -0.15) is 0 Å². The number of likely N-dealkylation sites (N-methyl/N-ethyl adjacent to an activating group) is 1. The molecule has 19 heavy (non-hydrogen) atoms. The smallest absolute Gasteiger partial charge is 0.225 e. The molecule has 0 aromatic carbocycles. The molecule has 0 aliphatic carbocycles. The quantitative estimate of drug-likeness (QED) is 0.744. The largest absolute Gasteiger partial charge is 0.356 e. The Morgan fingerprint density at radius 2 is 1.63 bits per heavy atom. The summed E-state index contributed by atoms with van der Waals surface area (Å²) in [6.07, 6.45) is 2.26. The highest BCUT2D eigenvalue weighted by molar-refractivity contribution is 5.81. The molecule has 1 rings (SSSR count). The number of hydrogen-bond acceptors (Lipinski definition) is 3. The SMILES string of the molecule is CCN1CCN(CCCCNC(=O)C(C)(C)C)CC1. The van der Waals surface area contributed by atoms with Gasteiger partial charge in [0, 0.05) is 38.1 Å². The molecule has 1 heterocycles. The van der Waals surface area contributed by atoms with Gasteiger partial charge in [-0.05, 0) is 25.9 Å². The van der Waals surface area contributed by atoms with Crippen molar-refractivity contribution in [2.45, 2.75) is 40.5 Å². The zero-order valence-electron chi connectivity index (χ0n) is 13.2. The molecule has 4 nitrogen and oxygen atoms in total. The summed E-state index contributed by atoms with van der Waals surface area (Å²) in [6, 6.07) is 0. The fourth-order valence-electron chi connectivity index (χ4n) is 2.26. The van der Waals surface area contributed by atoms with Gasteiger partial charge in [0.15, 0.2) is 0 Å². The van der Waals surface area contributed by atoms with E-state index in [0.717, 1.165) is 13.0 Å². The third-order valence-corrected chi connectivity index (χ3v) is 3.78. The summed E-state index contributed by atoms with van der Waals surface area (Å²) in [5.41, 5.74) is -0.267. The Balaban J connectivity index is 2.01. The molecule has 4 heteroatoms. The highest BCUT2D eigenvalue weighted by Crippen LogP contribution is 2.12. The van der Waals surface area contributed by atoms with Crippen LogP contribution in [0.3, 0.4) is 0 Å². The highest BCUT2D eigenvalue weighted by Gasteiger charge is 2.20. The first-order chi connectivity index (χ1) is 8.93. The van der Waals surface area contributed by atoms with E-state index in [4.69, 9.17) is 0 Å². The first-order valence-corrected chi connectivity index (χ1v) is 7.66. The molecular formula is C15H31N3O. The van der Waals surface area contributed by atoms with E-state index in [1.807, 2.05) is 20.8 Å². The second kappa shape index (κ2) is 7.85. The van der Waals surface area contributed by atoms with Crippen LogP contribution in [0.1, 0.15) is 40.5 Å². The van der Waals surface area contributed by atoms with Crippen LogP contribution in [-0.4, -0.2) is 61.5 Å². The van der Waals surface area contributed by atoms with Crippen LogP contribution in [0.25, 0.3) is 0 Å². The van der Waals surface area contributed by atoms with Crippen LogP contribution in [0.4, 0.5) is 0 Å². The number of hydrogen-bond donors (Lipinski definition) is 1. The first kappa shape index (κ1) is 16.4. The number of piperazine rings is 1. The Kier molecular flexibility index (Phi) is 6.80. The second-order valence-corrected chi connectivity index (χ2v) is 6.49. The maximum absolute atomic E-state index is 11.7. The van der Waals surface area contributed by atoms with Crippen molar-refractivity contribution in [2.24, 2.45) is 5.41 Å². The van der Waals surface area contributed by atoms with Crippen molar-refractivity contribution < 1.29 is 4.79 Å². The summed E-state index contributed by atoms with van der Waals surface area (Å²) in [7, 11) is 0. The van der Waals surface area contributed by atoms with Gasteiger partial charge in [-0.1, -0.05) is 27.7 Å². The number of carbonyl (C=O) groups excluding carboxylic acids is 1. The normalized spacial score (nSPS) is 18.5. The molecule has 0 spiro atoms. The number of amides is 1. The standard InChI is InChI=1S/C15H31N3O/c1-5-17-10-12-18(13-11-17)9-7-6-8-16-14(19)15(2,3)4/h5-13H2,1-4H3,(H,16,19). The molecule has 0 saturated carbocycles. The van der Waals surface area contributed by atoms with E-state index in [9.17, 15) is 4.79 Å². The maximum atomic E-state index is 11.7. The van der Waals surface area contributed by atoms with Crippen molar-refractivity contribution in [2.75, 3.05) is 45.8 Å². The van der Waals surface area contributed by atoms with Crippen LogP contribution < -0.4 is 5.32 Å². The molecule has 112 valence electrons. The van der Waals surface area contributed by atoms with E-state index in [1.165, 1.54) is 45.7 Å². The van der Waals surface area contributed by atoms with Crippen molar-refractivity contribution in [3.8, 4) is 0 Å². The molecular weight excluding hydrogens is 238 g/mol. The van der Waals surface area contributed by atoms with Crippen LogP contribution in [0, 0.1) is 5.41 Å². The minimum atomic E-state index is -0.267. The van der Waals surface area contributed by atoms with E-state index in [1.54, 1.807) is 0 Å². The van der Waals surface area contributed by atoms with E-state index in [2.05, 4.69) is 22.0 Å².